The van der Waals surface area contributed by atoms with E-state index in [-0.39, 0.29) is 0 Å². The molecule has 1 heterocycles. The Kier molecular flexibility index (Phi) is 7.22. The van der Waals surface area contributed by atoms with Gasteiger partial charge in [0.05, 0.1) is 0 Å². The Morgan fingerprint density at radius 2 is 1.65 bits per heavy atom. The molecule has 3 heteroatoms. The SMILES string of the molecule is OCCCC1CC(NCC2CCCCC2)CN(CC2CCC2)C1. The van der Waals surface area contributed by atoms with Gasteiger partial charge in [-0.1, -0.05) is 25.7 Å². The quantitative estimate of drug-likeness (QED) is 0.719. The second-order valence-electron chi connectivity index (χ2n) is 8.59. The van der Waals surface area contributed by atoms with Crippen molar-refractivity contribution in [3.8, 4) is 0 Å². The molecular weight excluding hydrogens is 284 g/mol. The summed E-state index contributed by atoms with van der Waals surface area (Å²) in [6, 6.07) is 0.689. The standard InChI is InChI=1S/C20H38N2O/c23-11-5-10-19-12-20(21-13-17-6-2-1-3-7-17)16-22(15-19)14-18-8-4-9-18/h17-21,23H,1-16H2. The van der Waals surface area contributed by atoms with Crippen LogP contribution < -0.4 is 5.32 Å². The Morgan fingerprint density at radius 3 is 2.35 bits per heavy atom. The largest absolute Gasteiger partial charge is 0.396 e. The Labute approximate surface area is 143 Å². The highest BCUT2D eigenvalue weighted by Crippen LogP contribution is 2.30. The van der Waals surface area contributed by atoms with Gasteiger partial charge in [-0.25, -0.2) is 0 Å². The molecule has 2 unspecified atom stereocenters. The van der Waals surface area contributed by atoms with Gasteiger partial charge >= 0.3 is 0 Å². The maximum absolute atomic E-state index is 9.17. The van der Waals surface area contributed by atoms with Gasteiger partial charge in [-0.3, -0.25) is 0 Å². The summed E-state index contributed by atoms with van der Waals surface area (Å²) in [5, 5.41) is 13.1. The molecule has 0 bridgehead atoms. The second-order valence-corrected chi connectivity index (χ2v) is 8.59. The van der Waals surface area contributed by atoms with Crippen LogP contribution in [-0.2, 0) is 0 Å². The lowest BCUT2D eigenvalue weighted by molar-refractivity contribution is 0.0932. The first-order valence-corrected chi connectivity index (χ1v) is 10.4. The predicted octanol–water partition coefficient (Wildman–Crippen LogP) is 3.42. The summed E-state index contributed by atoms with van der Waals surface area (Å²) in [5.41, 5.74) is 0. The van der Waals surface area contributed by atoms with Crippen molar-refractivity contribution >= 4 is 0 Å². The van der Waals surface area contributed by atoms with Crippen molar-refractivity contribution in [1.82, 2.24) is 10.2 Å². The van der Waals surface area contributed by atoms with Crippen molar-refractivity contribution in [2.24, 2.45) is 17.8 Å². The minimum atomic E-state index is 0.360. The zero-order valence-electron chi connectivity index (χ0n) is 15.0. The average molecular weight is 323 g/mol. The predicted molar refractivity (Wildman–Crippen MR) is 96.6 cm³/mol. The summed E-state index contributed by atoms with van der Waals surface area (Å²) in [7, 11) is 0. The van der Waals surface area contributed by atoms with Crippen LogP contribution in [-0.4, -0.2) is 48.8 Å². The van der Waals surface area contributed by atoms with Crippen LogP contribution in [0.25, 0.3) is 0 Å². The fraction of sp³-hybridized carbons (Fsp3) is 1.00. The zero-order valence-corrected chi connectivity index (χ0v) is 15.0. The van der Waals surface area contributed by atoms with Crippen molar-refractivity contribution in [1.29, 1.82) is 0 Å². The minimum Gasteiger partial charge on any atom is -0.396 e. The maximum atomic E-state index is 9.17. The van der Waals surface area contributed by atoms with Crippen LogP contribution in [0.15, 0.2) is 0 Å². The smallest absolute Gasteiger partial charge is 0.0431 e. The molecule has 2 aliphatic carbocycles. The average Bonchev–Trinajstić information content (AvgIpc) is 2.55. The number of aliphatic hydroxyl groups excluding tert-OH is 1. The fourth-order valence-corrected chi connectivity index (χ4v) is 4.95. The lowest BCUT2D eigenvalue weighted by Gasteiger charge is -2.42. The van der Waals surface area contributed by atoms with Gasteiger partial charge in [-0.2, -0.15) is 0 Å². The lowest BCUT2D eigenvalue weighted by atomic mass is 9.83. The molecule has 23 heavy (non-hydrogen) atoms. The molecule has 3 rings (SSSR count). The second kappa shape index (κ2) is 9.39. The van der Waals surface area contributed by atoms with Crippen LogP contribution in [0.5, 0.6) is 0 Å². The lowest BCUT2D eigenvalue weighted by Crippen LogP contribution is -2.51. The molecule has 2 saturated carbocycles. The third-order valence-electron chi connectivity index (χ3n) is 6.54. The topological polar surface area (TPSA) is 35.5 Å². The Bertz CT molecular complexity index is 326. The third kappa shape index (κ3) is 5.72. The molecule has 1 aliphatic heterocycles. The third-order valence-corrected chi connectivity index (χ3v) is 6.54. The number of nitrogens with one attached hydrogen (secondary N) is 1. The number of hydrogen-bond acceptors (Lipinski definition) is 3. The number of rotatable bonds is 8. The van der Waals surface area contributed by atoms with Crippen LogP contribution in [0.2, 0.25) is 0 Å². The highest BCUT2D eigenvalue weighted by atomic mass is 16.2. The summed E-state index contributed by atoms with van der Waals surface area (Å²) in [4.78, 5) is 2.74. The van der Waals surface area contributed by atoms with Gasteiger partial charge in [0.2, 0.25) is 0 Å². The summed E-state index contributed by atoms with van der Waals surface area (Å²) < 4.78 is 0. The molecule has 1 saturated heterocycles. The molecule has 0 radical (unpaired) electrons. The van der Waals surface area contributed by atoms with Crippen molar-refractivity contribution in [2.45, 2.75) is 76.7 Å². The molecule has 3 fully saturated rings. The molecule has 134 valence electrons. The number of nitrogens with zero attached hydrogens (tertiary/aromatic N) is 1. The molecule has 2 atom stereocenters. The number of likely N-dealkylation sites (tertiary alicyclic amines) is 1. The molecule has 0 spiro atoms. The van der Waals surface area contributed by atoms with Crippen molar-refractivity contribution in [3.63, 3.8) is 0 Å². The van der Waals surface area contributed by atoms with E-state index >= 15 is 0 Å². The van der Waals surface area contributed by atoms with Gasteiger partial charge in [0.15, 0.2) is 0 Å². The molecule has 2 N–H and O–H groups in total. The Morgan fingerprint density at radius 1 is 0.870 bits per heavy atom. The van der Waals surface area contributed by atoms with Gasteiger partial charge in [0.25, 0.3) is 0 Å². The molecule has 3 nitrogen and oxygen atoms in total. The van der Waals surface area contributed by atoms with E-state index in [9.17, 15) is 0 Å². The van der Waals surface area contributed by atoms with Crippen LogP contribution in [0.3, 0.4) is 0 Å². The zero-order chi connectivity index (χ0) is 15.9. The van der Waals surface area contributed by atoms with Crippen molar-refractivity contribution in [3.05, 3.63) is 0 Å². The van der Waals surface area contributed by atoms with E-state index in [0.29, 0.717) is 12.6 Å². The van der Waals surface area contributed by atoms with E-state index < -0.39 is 0 Å². The molecule has 0 amide bonds. The minimum absolute atomic E-state index is 0.360. The fourth-order valence-electron chi connectivity index (χ4n) is 4.95. The van der Waals surface area contributed by atoms with Crippen molar-refractivity contribution in [2.75, 3.05) is 32.8 Å². The molecular formula is C20H38N2O. The van der Waals surface area contributed by atoms with Gasteiger partial charge < -0.3 is 15.3 Å². The summed E-state index contributed by atoms with van der Waals surface area (Å²) >= 11 is 0. The van der Waals surface area contributed by atoms with Gasteiger partial charge in [-0.15, -0.1) is 0 Å². The maximum Gasteiger partial charge on any atom is 0.0431 e. The first kappa shape index (κ1) is 17.7. The van der Waals surface area contributed by atoms with E-state index in [0.717, 1.165) is 24.2 Å². The van der Waals surface area contributed by atoms with E-state index in [4.69, 9.17) is 5.11 Å². The monoisotopic (exact) mass is 322 g/mol. The summed E-state index contributed by atoms with van der Waals surface area (Å²) in [5.74, 6) is 2.70. The van der Waals surface area contributed by atoms with Crippen LogP contribution in [0.1, 0.15) is 70.6 Å². The Hall–Kier alpha value is -0.120. The van der Waals surface area contributed by atoms with Gasteiger partial charge in [0.1, 0.15) is 0 Å². The number of piperidine rings is 1. The van der Waals surface area contributed by atoms with E-state index in [1.807, 2.05) is 0 Å². The van der Waals surface area contributed by atoms with E-state index in [1.165, 1.54) is 90.4 Å². The highest BCUT2D eigenvalue weighted by Gasteiger charge is 2.30. The van der Waals surface area contributed by atoms with Crippen LogP contribution in [0, 0.1) is 17.8 Å². The number of aliphatic hydroxyl groups is 1. The van der Waals surface area contributed by atoms with E-state index in [1.54, 1.807) is 0 Å². The number of hydrogen-bond donors (Lipinski definition) is 2. The molecule has 0 aromatic carbocycles. The molecule has 0 aromatic rings. The van der Waals surface area contributed by atoms with Gasteiger partial charge in [0, 0.05) is 32.3 Å². The molecule has 3 aliphatic rings. The van der Waals surface area contributed by atoms with Gasteiger partial charge in [-0.05, 0) is 69.2 Å². The van der Waals surface area contributed by atoms with Crippen LogP contribution >= 0.6 is 0 Å². The van der Waals surface area contributed by atoms with Crippen LogP contribution in [0.4, 0.5) is 0 Å². The summed E-state index contributed by atoms with van der Waals surface area (Å²) in [6.45, 7) is 5.47. The summed E-state index contributed by atoms with van der Waals surface area (Å²) in [6.07, 6.45) is 15.1. The highest BCUT2D eigenvalue weighted by molar-refractivity contribution is 4.86. The first-order valence-electron chi connectivity index (χ1n) is 10.4. The van der Waals surface area contributed by atoms with Crippen molar-refractivity contribution < 1.29 is 5.11 Å². The molecule has 0 aromatic heterocycles. The van der Waals surface area contributed by atoms with E-state index in [2.05, 4.69) is 10.2 Å². The Balaban J connectivity index is 1.45. The normalized spacial score (nSPS) is 31.2. The first-order chi connectivity index (χ1) is 11.3.